The molecule has 0 radical (unpaired) electrons. The highest BCUT2D eigenvalue weighted by atomic mass is 19.1. The van der Waals surface area contributed by atoms with Gasteiger partial charge >= 0.3 is 0 Å². The van der Waals surface area contributed by atoms with Crippen molar-refractivity contribution in [2.24, 2.45) is 9.98 Å². The molecule has 1 rings (SSSR count). The van der Waals surface area contributed by atoms with Crippen LogP contribution >= 0.6 is 0 Å². The molecule has 0 saturated heterocycles. The minimum atomic E-state index is -0.534. The molecule has 98 valence electrons. The fourth-order valence-corrected chi connectivity index (χ4v) is 1.46. The average molecular weight is 254 g/mol. The van der Waals surface area contributed by atoms with Crippen molar-refractivity contribution in [3.05, 3.63) is 28.8 Å². The van der Waals surface area contributed by atoms with E-state index in [1.54, 1.807) is 12.1 Å². The second kappa shape index (κ2) is 7.53. The Labute approximate surface area is 105 Å². The highest BCUT2D eigenvalue weighted by Crippen LogP contribution is 2.21. The van der Waals surface area contributed by atoms with Gasteiger partial charge in [0.25, 0.3) is 0 Å². The van der Waals surface area contributed by atoms with Crippen LogP contribution in [-0.4, -0.2) is 44.0 Å². The van der Waals surface area contributed by atoms with E-state index in [1.165, 1.54) is 12.4 Å². The Morgan fingerprint density at radius 3 is 1.89 bits per heavy atom. The van der Waals surface area contributed by atoms with Gasteiger partial charge in [-0.25, -0.2) is 8.78 Å². The van der Waals surface area contributed by atoms with Gasteiger partial charge in [-0.05, 0) is 24.6 Å². The number of phenolic OH excluding ortho intramolecular Hbond substituents is 1. The Kier molecular flexibility index (Phi) is 5.97. The summed E-state index contributed by atoms with van der Waals surface area (Å²) in [7, 11) is 0. The highest BCUT2D eigenvalue weighted by molar-refractivity contribution is 5.92. The van der Waals surface area contributed by atoms with E-state index in [0.717, 1.165) is 5.56 Å². The molecule has 0 fully saturated rings. The molecular formula is C13H16F2N2O. The summed E-state index contributed by atoms with van der Waals surface area (Å²) in [6.07, 6.45) is 2.85. The molecule has 0 unspecified atom stereocenters. The van der Waals surface area contributed by atoms with E-state index in [4.69, 9.17) is 0 Å². The zero-order valence-corrected chi connectivity index (χ0v) is 10.2. The van der Waals surface area contributed by atoms with Crippen molar-refractivity contribution in [2.45, 2.75) is 6.92 Å². The number of rotatable bonds is 6. The predicted molar refractivity (Wildman–Crippen MR) is 69.7 cm³/mol. The summed E-state index contributed by atoms with van der Waals surface area (Å²) in [6.45, 7) is 0.928. The molecule has 0 aliphatic rings. The number of aryl methyl sites for hydroxylation is 1. The fraction of sp³-hybridized carbons (Fsp3) is 0.385. The van der Waals surface area contributed by atoms with Gasteiger partial charge in [-0.3, -0.25) is 9.98 Å². The van der Waals surface area contributed by atoms with Crippen molar-refractivity contribution >= 4 is 12.4 Å². The van der Waals surface area contributed by atoms with Gasteiger partial charge < -0.3 is 5.11 Å². The molecule has 1 aromatic carbocycles. The number of nitrogens with zero attached hydrogens (tertiary/aromatic N) is 2. The maximum absolute atomic E-state index is 11.9. The second-order valence-corrected chi connectivity index (χ2v) is 3.74. The van der Waals surface area contributed by atoms with E-state index in [0.29, 0.717) is 11.1 Å². The Balaban J connectivity index is 2.98. The molecule has 0 saturated carbocycles. The molecule has 0 aliphatic heterocycles. The van der Waals surface area contributed by atoms with Crippen molar-refractivity contribution in [3.63, 3.8) is 0 Å². The van der Waals surface area contributed by atoms with Gasteiger partial charge in [-0.2, -0.15) is 0 Å². The van der Waals surface area contributed by atoms with Gasteiger partial charge in [0.05, 0.1) is 13.1 Å². The number of alkyl halides is 2. The van der Waals surface area contributed by atoms with E-state index in [-0.39, 0.29) is 18.8 Å². The number of hydrogen-bond acceptors (Lipinski definition) is 3. The van der Waals surface area contributed by atoms with Gasteiger partial charge in [0.1, 0.15) is 19.1 Å². The van der Waals surface area contributed by atoms with Crippen LogP contribution in [0.3, 0.4) is 0 Å². The summed E-state index contributed by atoms with van der Waals surface area (Å²) in [5.74, 6) is 0.0193. The standard InChI is InChI=1S/C13H16F2N2O/c1-10-6-11(8-16-4-2-14)13(18)12(7-10)9-17-5-3-15/h6-9,18H,2-5H2,1H3. The molecule has 1 N–H and O–H groups in total. The first-order valence-electron chi connectivity index (χ1n) is 5.64. The van der Waals surface area contributed by atoms with Crippen molar-refractivity contribution in [1.82, 2.24) is 0 Å². The van der Waals surface area contributed by atoms with Gasteiger partial charge in [-0.15, -0.1) is 0 Å². The summed E-state index contributed by atoms with van der Waals surface area (Å²) in [5, 5.41) is 9.94. The van der Waals surface area contributed by atoms with Crippen LogP contribution in [0.5, 0.6) is 5.75 Å². The minimum absolute atomic E-state index is 0.0193. The van der Waals surface area contributed by atoms with Crippen molar-refractivity contribution in [3.8, 4) is 5.75 Å². The lowest BCUT2D eigenvalue weighted by atomic mass is 10.1. The molecule has 0 aliphatic carbocycles. The summed E-state index contributed by atoms with van der Waals surface area (Å²) < 4.78 is 23.9. The van der Waals surface area contributed by atoms with Crippen molar-refractivity contribution < 1.29 is 13.9 Å². The normalized spacial score (nSPS) is 11.7. The van der Waals surface area contributed by atoms with Gasteiger partial charge in [-0.1, -0.05) is 0 Å². The SMILES string of the molecule is Cc1cc(C=NCCF)c(O)c(C=NCCF)c1. The zero-order chi connectivity index (χ0) is 13.4. The third-order valence-corrected chi connectivity index (χ3v) is 2.20. The Bertz CT molecular complexity index is 408. The lowest BCUT2D eigenvalue weighted by Gasteiger charge is -2.05. The number of aliphatic imine (C=N–C) groups is 2. The first-order valence-corrected chi connectivity index (χ1v) is 5.64. The Morgan fingerprint density at radius 2 is 1.50 bits per heavy atom. The predicted octanol–water partition coefficient (Wildman–Crippen LogP) is 2.48. The summed E-state index contributed by atoms with van der Waals surface area (Å²) in [4.78, 5) is 7.67. The van der Waals surface area contributed by atoms with E-state index < -0.39 is 13.3 Å². The van der Waals surface area contributed by atoms with E-state index in [9.17, 15) is 13.9 Å². The smallest absolute Gasteiger partial charge is 0.133 e. The largest absolute Gasteiger partial charge is 0.507 e. The Morgan fingerprint density at radius 1 is 1.06 bits per heavy atom. The average Bonchev–Trinajstić information content (AvgIpc) is 2.35. The van der Waals surface area contributed by atoms with Crippen LogP contribution in [0, 0.1) is 6.92 Å². The second-order valence-electron chi connectivity index (χ2n) is 3.74. The van der Waals surface area contributed by atoms with Crippen LogP contribution in [-0.2, 0) is 0 Å². The van der Waals surface area contributed by atoms with Crippen LogP contribution in [0.15, 0.2) is 22.1 Å². The lowest BCUT2D eigenvalue weighted by Crippen LogP contribution is -1.94. The quantitative estimate of drug-likeness (QED) is 0.779. The summed E-state index contributed by atoms with van der Waals surface area (Å²) >= 11 is 0. The topological polar surface area (TPSA) is 45.0 Å². The fourth-order valence-electron chi connectivity index (χ4n) is 1.46. The molecule has 5 heteroatoms. The molecule has 0 amide bonds. The maximum Gasteiger partial charge on any atom is 0.133 e. The molecule has 0 spiro atoms. The molecule has 0 atom stereocenters. The molecular weight excluding hydrogens is 238 g/mol. The third-order valence-electron chi connectivity index (χ3n) is 2.20. The molecule has 18 heavy (non-hydrogen) atoms. The van der Waals surface area contributed by atoms with E-state index in [1.807, 2.05) is 6.92 Å². The number of hydrogen-bond donors (Lipinski definition) is 1. The van der Waals surface area contributed by atoms with Gasteiger partial charge in [0.15, 0.2) is 0 Å². The number of benzene rings is 1. The molecule has 0 bridgehead atoms. The molecule has 0 heterocycles. The van der Waals surface area contributed by atoms with E-state index >= 15 is 0 Å². The number of aromatic hydroxyl groups is 1. The number of halogens is 2. The van der Waals surface area contributed by atoms with Crippen molar-refractivity contribution in [2.75, 3.05) is 26.4 Å². The monoisotopic (exact) mass is 254 g/mol. The highest BCUT2D eigenvalue weighted by Gasteiger charge is 2.05. The molecule has 0 aromatic heterocycles. The van der Waals surface area contributed by atoms with Crippen LogP contribution in [0.1, 0.15) is 16.7 Å². The van der Waals surface area contributed by atoms with Gasteiger partial charge in [0, 0.05) is 23.6 Å². The molecule has 3 nitrogen and oxygen atoms in total. The maximum atomic E-state index is 11.9. The van der Waals surface area contributed by atoms with Crippen LogP contribution < -0.4 is 0 Å². The molecule has 1 aromatic rings. The minimum Gasteiger partial charge on any atom is -0.507 e. The first-order chi connectivity index (χ1) is 8.69. The van der Waals surface area contributed by atoms with Crippen LogP contribution in [0.2, 0.25) is 0 Å². The van der Waals surface area contributed by atoms with Crippen LogP contribution in [0.4, 0.5) is 8.78 Å². The van der Waals surface area contributed by atoms with Crippen LogP contribution in [0.25, 0.3) is 0 Å². The summed E-state index contributed by atoms with van der Waals surface area (Å²) in [5.41, 5.74) is 1.92. The van der Waals surface area contributed by atoms with Gasteiger partial charge in [0.2, 0.25) is 0 Å². The van der Waals surface area contributed by atoms with E-state index in [2.05, 4.69) is 9.98 Å². The summed E-state index contributed by atoms with van der Waals surface area (Å²) in [6, 6.07) is 3.48. The first kappa shape index (κ1) is 14.3. The number of phenols is 1. The lowest BCUT2D eigenvalue weighted by molar-refractivity contribution is 0.473. The zero-order valence-electron chi connectivity index (χ0n) is 10.2. The van der Waals surface area contributed by atoms with Crippen molar-refractivity contribution in [1.29, 1.82) is 0 Å². The Hall–Kier alpha value is -1.78. The third kappa shape index (κ3) is 4.24.